The molecule has 1 heterocycles. The summed E-state index contributed by atoms with van der Waals surface area (Å²) in [7, 11) is 0. The summed E-state index contributed by atoms with van der Waals surface area (Å²) in [6.45, 7) is 4.28. The van der Waals surface area contributed by atoms with Crippen molar-refractivity contribution in [3.05, 3.63) is 40.8 Å². The van der Waals surface area contributed by atoms with Crippen LogP contribution in [0.1, 0.15) is 18.1 Å². The molecule has 2 rings (SSSR count). The van der Waals surface area contributed by atoms with Crippen LogP contribution >= 0.6 is 11.3 Å². The Morgan fingerprint density at radius 3 is 2.67 bits per heavy atom. The quantitative estimate of drug-likeness (QED) is 0.759. The van der Waals surface area contributed by atoms with E-state index in [0.29, 0.717) is 0 Å². The zero-order chi connectivity index (χ0) is 10.8. The summed E-state index contributed by atoms with van der Waals surface area (Å²) < 4.78 is 0. The van der Waals surface area contributed by atoms with Crippen molar-refractivity contribution in [2.75, 3.05) is 5.73 Å². The second-order valence-electron chi connectivity index (χ2n) is 3.70. The van der Waals surface area contributed by atoms with E-state index in [2.05, 4.69) is 37.4 Å². The first-order valence-corrected chi connectivity index (χ1v) is 6.03. The molecule has 0 saturated heterocycles. The van der Waals surface area contributed by atoms with Crippen molar-refractivity contribution in [1.82, 2.24) is 0 Å². The fraction of sp³-hybridized carbons (Fsp3) is 0.231. The number of nitrogens with two attached hydrogens (primary N) is 1. The zero-order valence-corrected chi connectivity index (χ0v) is 9.90. The smallest absolute Gasteiger partial charge is 0.0372 e. The summed E-state index contributed by atoms with van der Waals surface area (Å²) in [5.74, 6) is 0. The molecular weight excluding hydrogens is 202 g/mol. The van der Waals surface area contributed by atoms with E-state index in [1.165, 1.54) is 21.6 Å². The van der Waals surface area contributed by atoms with Crippen molar-refractivity contribution in [3.8, 4) is 10.4 Å². The number of benzene rings is 1. The van der Waals surface area contributed by atoms with E-state index in [1.54, 1.807) is 11.3 Å². The van der Waals surface area contributed by atoms with Gasteiger partial charge in [-0.3, -0.25) is 0 Å². The molecule has 2 heteroatoms. The Labute approximate surface area is 94.6 Å². The third-order valence-electron chi connectivity index (χ3n) is 2.65. The summed E-state index contributed by atoms with van der Waals surface area (Å²) in [6.07, 6.45) is 0.990. The number of anilines is 1. The van der Waals surface area contributed by atoms with Gasteiger partial charge in [0.1, 0.15) is 0 Å². The third kappa shape index (κ3) is 1.90. The minimum atomic E-state index is 0.899. The minimum Gasteiger partial charge on any atom is -0.399 e. The number of aryl methyl sites for hydroxylation is 2. The molecule has 15 heavy (non-hydrogen) atoms. The van der Waals surface area contributed by atoms with Crippen molar-refractivity contribution in [3.63, 3.8) is 0 Å². The molecule has 78 valence electrons. The van der Waals surface area contributed by atoms with Gasteiger partial charge < -0.3 is 5.73 Å². The van der Waals surface area contributed by atoms with Crippen LogP contribution in [0.25, 0.3) is 10.4 Å². The fourth-order valence-corrected chi connectivity index (χ4v) is 2.65. The van der Waals surface area contributed by atoms with Crippen LogP contribution in [0.3, 0.4) is 0 Å². The van der Waals surface area contributed by atoms with Crippen molar-refractivity contribution < 1.29 is 0 Å². The van der Waals surface area contributed by atoms with E-state index >= 15 is 0 Å². The topological polar surface area (TPSA) is 26.0 Å². The lowest BCUT2D eigenvalue weighted by atomic mass is 10.0. The number of thiophene rings is 1. The minimum absolute atomic E-state index is 0.899. The Kier molecular flexibility index (Phi) is 2.78. The van der Waals surface area contributed by atoms with Crippen LogP contribution in [0.4, 0.5) is 5.69 Å². The molecule has 1 aromatic heterocycles. The molecule has 0 saturated carbocycles. The van der Waals surface area contributed by atoms with E-state index in [1.807, 2.05) is 6.07 Å². The molecule has 2 aromatic rings. The highest BCUT2D eigenvalue weighted by Gasteiger charge is 2.05. The maximum atomic E-state index is 5.89. The number of rotatable bonds is 2. The molecule has 0 radical (unpaired) electrons. The maximum absolute atomic E-state index is 5.89. The molecule has 2 N–H and O–H groups in total. The lowest BCUT2D eigenvalue weighted by Crippen LogP contribution is -1.92. The van der Waals surface area contributed by atoms with Gasteiger partial charge in [-0.25, -0.2) is 0 Å². The first-order valence-electron chi connectivity index (χ1n) is 5.15. The Hall–Kier alpha value is -1.28. The van der Waals surface area contributed by atoms with Gasteiger partial charge in [0.2, 0.25) is 0 Å². The molecule has 1 nitrogen and oxygen atoms in total. The largest absolute Gasteiger partial charge is 0.399 e. The van der Waals surface area contributed by atoms with E-state index < -0.39 is 0 Å². The fourth-order valence-electron chi connectivity index (χ4n) is 1.72. The van der Waals surface area contributed by atoms with Crippen molar-refractivity contribution >= 4 is 17.0 Å². The van der Waals surface area contributed by atoms with Gasteiger partial charge in [-0.2, -0.15) is 0 Å². The van der Waals surface area contributed by atoms with Gasteiger partial charge >= 0.3 is 0 Å². The first kappa shape index (κ1) is 10.2. The molecule has 0 aliphatic heterocycles. The van der Waals surface area contributed by atoms with Gasteiger partial charge in [0, 0.05) is 10.6 Å². The Bertz CT molecular complexity index is 471. The normalized spacial score (nSPS) is 10.5. The monoisotopic (exact) mass is 217 g/mol. The summed E-state index contributed by atoms with van der Waals surface area (Å²) in [4.78, 5) is 1.35. The number of hydrogen-bond donors (Lipinski definition) is 1. The van der Waals surface area contributed by atoms with E-state index in [-0.39, 0.29) is 0 Å². The van der Waals surface area contributed by atoms with Gasteiger partial charge in [0.05, 0.1) is 0 Å². The van der Waals surface area contributed by atoms with Crippen molar-refractivity contribution in [2.45, 2.75) is 20.3 Å². The average molecular weight is 217 g/mol. The third-order valence-corrected chi connectivity index (χ3v) is 3.71. The van der Waals surface area contributed by atoms with Gasteiger partial charge in [0.15, 0.2) is 0 Å². The van der Waals surface area contributed by atoms with Crippen LogP contribution in [0.15, 0.2) is 29.6 Å². The van der Waals surface area contributed by atoms with Gasteiger partial charge in [-0.1, -0.05) is 13.0 Å². The van der Waals surface area contributed by atoms with E-state index in [9.17, 15) is 0 Å². The maximum Gasteiger partial charge on any atom is 0.0372 e. The molecule has 0 amide bonds. The molecule has 0 aliphatic rings. The molecule has 0 spiro atoms. The second-order valence-corrected chi connectivity index (χ2v) is 4.62. The zero-order valence-electron chi connectivity index (χ0n) is 9.08. The van der Waals surface area contributed by atoms with Crippen molar-refractivity contribution in [1.29, 1.82) is 0 Å². The predicted octanol–water partition coefficient (Wildman–Crippen LogP) is 3.87. The SMILES string of the molecule is CCc1cc(-c2sccc2C)ccc1N. The highest BCUT2D eigenvalue weighted by Crippen LogP contribution is 2.31. The van der Waals surface area contributed by atoms with Crippen molar-refractivity contribution in [2.24, 2.45) is 0 Å². The molecule has 0 aliphatic carbocycles. The Morgan fingerprint density at radius 2 is 2.07 bits per heavy atom. The van der Waals surface area contributed by atoms with Crippen LogP contribution < -0.4 is 5.73 Å². The van der Waals surface area contributed by atoms with Crippen LogP contribution in [-0.4, -0.2) is 0 Å². The average Bonchev–Trinajstić information content (AvgIpc) is 2.65. The second kappa shape index (κ2) is 4.07. The standard InChI is InChI=1S/C13H15NS/c1-3-10-8-11(4-5-12(10)14)13-9(2)6-7-15-13/h4-8H,3,14H2,1-2H3. The van der Waals surface area contributed by atoms with Crippen LogP contribution in [0.5, 0.6) is 0 Å². The predicted molar refractivity (Wildman–Crippen MR) is 68.3 cm³/mol. The van der Waals surface area contributed by atoms with Gasteiger partial charge in [0.25, 0.3) is 0 Å². The van der Waals surface area contributed by atoms with E-state index in [0.717, 1.165) is 12.1 Å². The lowest BCUT2D eigenvalue weighted by molar-refractivity contribution is 1.15. The summed E-state index contributed by atoms with van der Waals surface area (Å²) in [6, 6.07) is 8.47. The molecule has 0 atom stereocenters. The summed E-state index contributed by atoms with van der Waals surface area (Å²) >= 11 is 1.79. The Balaban J connectivity index is 2.51. The highest BCUT2D eigenvalue weighted by molar-refractivity contribution is 7.13. The molecule has 0 fully saturated rings. The van der Waals surface area contributed by atoms with E-state index in [4.69, 9.17) is 5.73 Å². The highest BCUT2D eigenvalue weighted by atomic mass is 32.1. The van der Waals surface area contributed by atoms with Crippen LogP contribution in [0, 0.1) is 6.92 Å². The van der Waals surface area contributed by atoms with Gasteiger partial charge in [-0.05, 0) is 53.6 Å². The van der Waals surface area contributed by atoms with Crippen LogP contribution in [0.2, 0.25) is 0 Å². The molecule has 0 unspecified atom stereocenters. The van der Waals surface area contributed by atoms with Crippen LogP contribution in [-0.2, 0) is 6.42 Å². The number of nitrogen functional groups attached to an aromatic ring is 1. The summed E-state index contributed by atoms with van der Waals surface area (Å²) in [5, 5.41) is 2.13. The summed E-state index contributed by atoms with van der Waals surface area (Å²) in [5.41, 5.74) is 10.7. The Morgan fingerprint density at radius 1 is 1.27 bits per heavy atom. The number of hydrogen-bond acceptors (Lipinski definition) is 2. The molecular formula is C13H15NS. The molecule has 1 aromatic carbocycles. The first-order chi connectivity index (χ1) is 7.22. The lowest BCUT2D eigenvalue weighted by Gasteiger charge is -2.06. The molecule has 0 bridgehead atoms. The van der Waals surface area contributed by atoms with Gasteiger partial charge in [-0.15, -0.1) is 11.3 Å².